The lowest BCUT2D eigenvalue weighted by atomic mass is 10.7. The second-order valence-corrected chi connectivity index (χ2v) is 3.31. The van der Waals surface area contributed by atoms with Gasteiger partial charge in [-0.2, -0.15) is 10.2 Å². The maximum Gasteiger partial charge on any atom is 0.132 e. The first-order valence-corrected chi connectivity index (χ1v) is 4.47. The molecule has 0 aliphatic rings. The second kappa shape index (κ2) is 4.70. The summed E-state index contributed by atoms with van der Waals surface area (Å²) >= 11 is 2.10. The van der Waals surface area contributed by atoms with Gasteiger partial charge in [-0.3, -0.25) is 10.2 Å². The summed E-state index contributed by atoms with van der Waals surface area (Å²) in [7, 11) is 0. The quantitative estimate of drug-likeness (QED) is 0.533. The third kappa shape index (κ3) is 3.32. The summed E-state index contributed by atoms with van der Waals surface area (Å²) in [5.41, 5.74) is 10.5. The number of rotatable bonds is 0. The van der Waals surface area contributed by atoms with E-state index in [9.17, 15) is 0 Å². The standard InChI is InChI=1S/C3H4IN3.C3H5N3/c4-2-1-6-7-3(2)5;4-3-1-2-5-6-3/h1H,(H3,5,6,7);1-2H,(H3,4,5,6). The van der Waals surface area contributed by atoms with Crippen LogP contribution in [0.4, 0.5) is 11.6 Å². The molecular formula is C6H9IN6. The molecule has 0 spiro atoms. The van der Waals surface area contributed by atoms with E-state index in [2.05, 4.69) is 43.0 Å². The molecule has 2 heterocycles. The van der Waals surface area contributed by atoms with Crippen molar-refractivity contribution in [2.24, 2.45) is 0 Å². The van der Waals surface area contributed by atoms with E-state index in [1.165, 1.54) is 0 Å². The Kier molecular flexibility index (Phi) is 3.55. The second-order valence-electron chi connectivity index (χ2n) is 2.14. The minimum atomic E-state index is 0.606. The largest absolute Gasteiger partial charge is 0.384 e. The molecule has 0 radical (unpaired) electrons. The highest BCUT2D eigenvalue weighted by Gasteiger charge is 1.90. The highest BCUT2D eigenvalue weighted by Crippen LogP contribution is 2.07. The van der Waals surface area contributed by atoms with Crippen LogP contribution in [0.3, 0.4) is 0 Å². The lowest BCUT2D eigenvalue weighted by Crippen LogP contribution is -1.84. The topological polar surface area (TPSA) is 109 Å². The Balaban J connectivity index is 0.000000132. The Morgan fingerprint density at radius 3 is 2.15 bits per heavy atom. The number of anilines is 2. The monoisotopic (exact) mass is 292 g/mol. The predicted octanol–water partition coefficient (Wildman–Crippen LogP) is 0.588. The van der Waals surface area contributed by atoms with Crippen molar-refractivity contribution in [1.29, 1.82) is 0 Å². The Morgan fingerprint density at radius 1 is 1.23 bits per heavy atom. The first kappa shape index (κ1) is 9.84. The number of halogens is 1. The number of aromatic nitrogens is 4. The SMILES string of the molecule is Nc1[nH]ncc1I.Nc1ccn[nH]1. The van der Waals surface area contributed by atoms with Crippen LogP contribution in [0, 0.1) is 3.57 Å². The van der Waals surface area contributed by atoms with E-state index < -0.39 is 0 Å². The van der Waals surface area contributed by atoms with Gasteiger partial charge in [0.1, 0.15) is 11.6 Å². The molecule has 6 N–H and O–H groups in total. The highest BCUT2D eigenvalue weighted by molar-refractivity contribution is 14.1. The van der Waals surface area contributed by atoms with Crippen LogP contribution in [0.15, 0.2) is 18.5 Å². The van der Waals surface area contributed by atoms with Crippen LogP contribution < -0.4 is 11.5 Å². The molecule has 6 nitrogen and oxygen atoms in total. The van der Waals surface area contributed by atoms with E-state index >= 15 is 0 Å². The van der Waals surface area contributed by atoms with E-state index in [0.29, 0.717) is 11.6 Å². The Bertz CT molecular complexity index is 323. The fourth-order valence-corrected chi connectivity index (χ4v) is 0.808. The highest BCUT2D eigenvalue weighted by atomic mass is 127. The maximum absolute atomic E-state index is 5.31. The van der Waals surface area contributed by atoms with Crippen LogP contribution in [0.5, 0.6) is 0 Å². The van der Waals surface area contributed by atoms with Crippen molar-refractivity contribution >= 4 is 34.2 Å². The van der Waals surface area contributed by atoms with Crippen molar-refractivity contribution in [2.45, 2.75) is 0 Å². The van der Waals surface area contributed by atoms with Crippen LogP contribution in [-0.2, 0) is 0 Å². The molecule has 0 aliphatic heterocycles. The number of hydrogen-bond acceptors (Lipinski definition) is 4. The summed E-state index contributed by atoms with van der Waals surface area (Å²) in [6.45, 7) is 0. The summed E-state index contributed by atoms with van der Waals surface area (Å²) in [6.07, 6.45) is 3.28. The summed E-state index contributed by atoms with van der Waals surface area (Å²) < 4.78 is 0.970. The normalized spacial score (nSPS) is 9.00. The molecule has 2 aromatic heterocycles. The molecular weight excluding hydrogens is 283 g/mol. The summed E-state index contributed by atoms with van der Waals surface area (Å²) in [5, 5.41) is 12.4. The van der Waals surface area contributed by atoms with E-state index in [-0.39, 0.29) is 0 Å². The van der Waals surface area contributed by atoms with Crippen molar-refractivity contribution in [2.75, 3.05) is 11.5 Å². The van der Waals surface area contributed by atoms with E-state index in [4.69, 9.17) is 11.5 Å². The third-order valence-electron chi connectivity index (χ3n) is 1.14. The zero-order valence-electron chi connectivity index (χ0n) is 6.66. The first-order valence-electron chi connectivity index (χ1n) is 3.39. The summed E-state index contributed by atoms with van der Waals surface area (Å²) in [5.74, 6) is 1.25. The zero-order valence-corrected chi connectivity index (χ0v) is 8.82. The van der Waals surface area contributed by atoms with Crippen LogP contribution in [-0.4, -0.2) is 20.4 Å². The molecule has 0 aromatic carbocycles. The zero-order chi connectivity index (χ0) is 9.68. The number of H-pyrrole nitrogens is 2. The van der Waals surface area contributed by atoms with E-state index in [1.54, 1.807) is 18.5 Å². The minimum Gasteiger partial charge on any atom is -0.384 e. The Hall–Kier alpha value is -1.25. The number of nitrogens with one attached hydrogen (secondary N) is 2. The van der Waals surface area contributed by atoms with Gasteiger partial charge in [0.25, 0.3) is 0 Å². The van der Waals surface area contributed by atoms with Crippen LogP contribution in [0.1, 0.15) is 0 Å². The van der Waals surface area contributed by atoms with Crippen molar-refractivity contribution in [3.8, 4) is 0 Å². The molecule has 0 amide bonds. The molecule has 0 bridgehead atoms. The van der Waals surface area contributed by atoms with Crippen LogP contribution in [0.2, 0.25) is 0 Å². The molecule has 2 aromatic rings. The van der Waals surface area contributed by atoms with Crippen molar-refractivity contribution in [1.82, 2.24) is 20.4 Å². The molecule has 0 atom stereocenters. The Labute approximate surface area is 88.2 Å². The van der Waals surface area contributed by atoms with E-state index in [0.717, 1.165) is 3.57 Å². The number of hydrogen-bond donors (Lipinski definition) is 4. The number of nitrogens with two attached hydrogens (primary N) is 2. The van der Waals surface area contributed by atoms with Crippen LogP contribution in [0.25, 0.3) is 0 Å². The molecule has 7 heteroatoms. The van der Waals surface area contributed by atoms with Gasteiger partial charge in [-0.25, -0.2) is 0 Å². The summed E-state index contributed by atoms with van der Waals surface area (Å²) in [4.78, 5) is 0. The fraction of sp³-hybridized carbons (Fsp3) is 0. The molecule has 0 aliphatic carbocycles. The van der Waals surface area contributed by atoms with Gasteiger partial charge >= 0.3 is 0 Å². The fourth-order valence-electron chi connectivity index (χ4n) is 0.548. The molecule has 2 rings (SSSR count). The van der Waals surface area contributed by atoms with E-state index in [1.807, 2.05) is 0 Å². The van der Waals surface area contributed by atoms with Crippen molar-refractivity contribution in [3.05, 3.63) is 22.0 Å². The van der Waals surface area contributed by atoms with Crippen molar-refractivity contribution in [3.63, 3.8) is 0 Å². The van der Waals surface area contributed by atoms with Crippen LogP contribution >= 0.6 is 22.6 Å². The lowest BCUT2D eigenvalue weighted by molar-refractivity contribution is 1.10. The van der Waals surface area contributed by atoms with Gasteiger partial charge in [0.15, 0.2) is 0 Å². The van der Waals surface area contributed by atoms with Gasteiger partial charge in [0.2, 0.25) is 0 Å². The molecule has 70 valence electrons. The van der Waals surface area contributed by atoms with Gasteiger partial charge in [-0.05, 0) is 28.7 Å². The lowest BCUT2D eigenvalue weighted by Gasteiger charge is -1.78. The van der Waals surface area contributed by atoms with Gasteiger partial charge in [-0.15, -0.1) is 0 Å². The predicted molar refractivity (Wildman–Crippen MR) is 58.7 cm³/mol. The molecule has 0 unspecified atom stereocenters. The van der Waals surface area contributed by atoms with Gasteiger partial charge in [-0.1, -0.05) is 0 Å². The Morgan fingerprint density at radius 2 is 2.00 bits per heavy atom. The number of nitrogens with zero attached hydrogens (tertiary/aromatic N) is 2. The molecule has 0 fully saturated rings. The first-order chi connectivity index (χ1) is 6.20. The van der Waals surface area contributed by atoms with Gasteiger partial charge < -0.3 is 11.5 Å². The van der Waals surface area contributed by atoms with Gasteiger partial charge in [0.05, 0.1) is 16.0 Å². The minimum absolute atomic E-state index is 0.606. The molecule has 0 saturated carbocycles. The number of nitrogen functional groups attached to an aromatic ring is 2. The van der Waals surface area contributed by atoms with Gasteiger partial charge in [0, 0.05) is 0 Å². The molecule has 13 heavy (non-hydrogen) atoms. The average Bonchev–Trinajstić information content (AvgIpc) is 2.67. The molecule has 0 saturated heterocycles. The average molecular weight is 292 g/mol. The number of aromatic amines is 2. The smallest absolute Gasteiger partial charge is 0.132 e. The third-order valence-corrected chi connectivity index (χ3v) is 2.00. The maximum atomic E-state index is 5.31. The summed E-state index contributed by atoms with van der Waals surface area (Å²) in [6, 6.07) is 1.69. The van der Waals surface area contributed by atoms with Crippen molar-refractivity contribution < 1.29 is 0 Å².